The number of nitrogens with two attached hydrogens (primary N) is 1. The SMILES string of the molecule is CCCC(CCN)CCC(=O)NC1C(C)(C)C1(C)C. The molecule has 0 spiro atoms. The average molecular weight is 268 g/mol. The van der Waals surface area contributed by atoms with Crippen molar-refractivity contribution in [3.63, 3.8) is 0 Å². The summed E-state index contributed by atoms with van der Waals surface area (Å²) in [5, 5.41) is 3.20. The maximum absolute atomic E-state index is 12.0. The summed E-state index contributed by atoms with van der Waals surface area (Å²) in [5.74, 6) is 0.822. The van der Waals surface area contributed by atoms with Crippen molar-refractivity contribution in [2.24, 2.45) is 22.5 Å². The first-order valence-electron chi connectivity index (χ1n) is 7.76. The number of carbonyl (C=O) groups excluding carboxylic acids is 1. The van der Waals surface area contributed by atoms with E-state index in [-0.39, 0.29) is 16.7 Å². The number of nitrogens with one attached hydrogen (secondary N) is 1. The van der Waals surface area contributed by atoms with E-state index >= 15 is 0 Å². The summed E-state index contributed by atoms with van der Waals surface area (Å²) in [7, 11) is 0. The monoisotopic (exact) mass is 268 g/mol. The molecular weight excluding hydrogens is 236 g/mol. The number of amides is 1. The summed E-state index contributed by atoms with van der Waals surface area (Å²) in [6, 6.07) is 0.326. The molecule has 1 fully saturated rings. The van der Waals surface area contributed by atoms with Crippen molar-refractivity contribution in [2.75, 3.05) is 6.54 Å². The van der Waals surface area contributed by atoms with Gasteiger partial charge in [0.2, 0.25) is 5.91 Å². The van der Waals surface area contributed by atoms with Crippen molar-refractivity contribution < 1.29 is 4.79 Å². The van der Waals surface area contributed by atoms with Gasteiger partial charge in [0.05, 0.1) is 0 Å². The topological polar surface area (TPSA) is 55.1 Å². The van der Waals surface area contributed by atoms with Crippen molar-refractivity contribution >= 4 is 5.91 Å². The predicted octanol–water partition coefficient (Wildman–Crippen LogP) is 3.08. The molecule has 1 aliphatic rings. The molecule has 19 heavy (non-hydrogen) atoms. The van der Waals surface area contributed by atoms with Crippen molar-refractivity contribution in [3.8, 4) is 0 Å². The van der Waals surface area contributed by atoms with Crippen LogP contribution in [0, 0.1) is 16.7 Å². The highest BCUT2D eigenvalue weighted by molar-refractivity contribution is 5.77. The Balaban J connectivity index is 2.32. The first kappa shape index (κ1) is 16.5. The third-order valence-electron chi connectivity index (χ3n) is 5.38. The quantitative estimate of drug-likeness (QED) is 0.711. The van der Waals surface area contributed by atoms with Gasteiger partial charge in [0.25, 0.3) is 0 Å². The standard InChI is InChI=1S/C16H32N2O/c1-6-7-12(10-11-17)8-9-13(19)18-14-15(2,3)16(14,4)5/h12,14H,6-11,17H2,1-5H3,(H,18,19). The van der Waals surface area contributed by atoms with Crippen LogP contribution in [0.15, 0.2) is 0 Å². The van der Waals surface area contributed by atoms with Crippen LogP contribution < -0.4 is 11.1 Å². The molecular formula is C16H32N2O. The molecule has 3 heteroatoms. The molecule has 0 bridgehead atoms. The molecule has 0 aromatic heterocycles. The van der Waals surface area contributed by atoms with Crippen LogP contribution in [0.4, 0.5) is 0 Å². The molecule has 1 aliphatic carbocycles. The third kappa shape index (κ3) is 3.71. The van der Waals surface area contributed by atoms with Crippen LogP contribution in [-0.2, 0) is 4.79 Å². The molecule has 0 aromatic carbocycles. The molecule has 0 aliphatic heterocycles. The number of rotatable bonds is 8. The summed E-state index contributed by atoms with van der Waals surface area (Å²) in [5.41, 5.74) is 6.08. The van der Waals surface area contributed by atoms with Crippen LogP contribution >= 0.6 is 0 Å². The molecule has 0 saturated heterocycles. The molecule has 0 aromatic rings. The highest BCUT2D eigenvalue weighted by Crippen LogP contribution is 2.62. The first-order chi connectivity index (χ1) is 8.77. The minimum absolute atomic E-state index is 0.210. The van der Waals surface area contributed by atoms with Crippen molar-refractivity contribution in [2.45, 2.75) is 72.8 Å². The summed E-state index contributed by atoms with van der Waals surface area (Å²) in [6.07, 6.45) is 5.03. The van der Waals surface area contributed by atoms with Crippen LogP contribution in [0.25, 0.3) is 0 Å². The minimum Gasteiger partial charge on any atom is -0.352 e. The zero-order chi connectivity index (χ0) is 14.7. The fraction of sp³-hybridized carbons (Fsp3) is 0.938. The van der Waals surface area contributed by atoms with E-state index in [2.05, 4.69) is 39.9 Å². The zero-order valence-electron chi connectivity index (χ0n) is 13.4. The van der Waals surface area contributed by atoms with E-state index in [0.29, 0.717) is 18.4 Å². The predicted molar refractivity (Wildman–Crippen MR) is 80.8 cm³/mol. The summed E-state index contributed by atoms with van der Waals surface area (Å²) < 4.78 is 0. The smallest absolute Gasteiger partial charge is 0.220 e. The zero-order valence-corrected chi connectivity index (χ0v) is 13.4. The van der Waals surface area contributed by atoms with Crippen LogP contribution in [0.3, 0.4) is 0 Å². The molecule has 3 N–H and O–H groups in total. The average Bonchev–Trinajstić information content (AvgIpc) is 2.69. The number of hydrogen-bond acceptors (Lipinski definition) is 2. The van der Waals surface area contributed by atoms with E-state index in [9.17, 15) is 4.79 Å². The lowest BCUT2D eigenvalue weighted by Crippen LogP contribution is -2.30. The molecule has 0 radical (unpaired) electrons. The Kier molecular flexibility index (Phi) is 5.43. The van der Waals surface area contributed by atoms with Crippen LogP contribution in [-0.4, -0.2) is 18.5 Å². The van der Waals surface area contributed by atoms with Crippen LogP contribution in [0.2, 0.25) is 0 Å². The Morgan fingerprint density at radius 3 is 2.16 bits per heavy atom. The summed E-state index contributed by atoms with van der Waals surface area (Å²) >= 11 is 0. The molecule has 0 heterocycles. The van der Waals surface area contributed by atoms with Crippen molar-refractivity contribution in [3.05, 3.63) is 0 Å². The van der Waals surface area contributed by atoms with E-state index in [4.69, 9.17) is 5.73 Å². The Morgan fingerprint density at radius 2 is 1.74 bits per heavy atom. The first-order valence-corrected chi connectivity index (χ1v) is 7.76. The van der Waals surface area contributed by atoms with E-state index in [1.807, 2.05) is 0 Å². The largest absolute Gasteiger partial charge is 0.352 e. The molecule has 1 saturated carbocycles. The lowest BCUT2D eigenvalue weighted by Gasteiger charge is -2.15. The highest BCUT2D eigenvalue weighted by Gasteiger charge is 2.65. The Morgan fingerprint density at radius 1 is 1.16 bits per heavy atom. The maximum Gasteiger partial charge on any atom is 0.220 e. The number of hydrogen-bond donors (Lipinski definition) is 2. The molecule has 3 nitrogen and oxygen atoms in total. The highest BCUT2D eigenvalue weighted by atomic mass is 16.1. The molecule has 1 amide bonds. The van der Waals surface area contributed by atoms with Gasteiger partial charge in [0, 0.05) is 12.5 Å². The molecule has 1 unspecified atom stereocenters. The van der Waals surface area contributed by atoms with Crippen molar-refractivity contribution in [1.29, 1.82) is 0 Å². The van der Waals surface area contributed by atoms with Gasteiger partial charge in [-0.25, -0.2) is 0 Å². The van der Waals surface area contributed by atoms with Gasteiger partial charge < -0.3 is 11.1 Å². The minimum atomic E-state index is 0.210. The second kappa shape index (κ2) is 6.25. The van der Waals surface area contributed by atoms with E-state index in [0.717, 1.165) is 19.4 Å². The van der Waals surface area contributed by atoms with E-state index in [1.54, 1.807) is 0 Å². The van der Waals surface area contributed by atoms with Gasteiger partial charge in [0.1, 0.15) is 0 Å². The fourth-order valence-electron chi connectivity index (χ4n) is 3.20. The lowest BCUT2D eigenvalue weighted by molar-refractivity contribution is -0.121. The van der Waals surface area contributed by atoms with E-state index < -0.39 is 0 Å². The number of carbonyl (C=O) groups is 1. The fourth-order valence-corrected chi connectivity index (χ4v) is 3.20. The molecule has 1 rings (SSSR count). The lowest BCUT2D eigenvalue weighted by atomic mass is 9.94. The van der Waals surface area contributed by atoms with E-state index in [1.165, 1.54) is 12.8 Å². The van der Waals surface area contributed by atoms with Crippen LogP contribution in [0.1, 0.15) is 66.7 Å². The summed E-state index contributed by atoms with van der Waals surface area (Å²) in [6.45, 7) is 11.8. The molecule has 1 atom stereocenters. The van der Waals surface area contributed by atoms with Crippen molar-refractivity contribution in [1.82, 2.24) is 5.32 Å². The van der Waals surface area contributed by atoms with Gasteiger partial charge in [-0.05, 0) is 36.1 Å². The van der Waals surface area contributed by atoms with Gasteiger partial charge in [-0.2, -0.15) is 0 Å². The Bertz CT molecular complexity index is 290. The van der Waals surface area contributed by atoms with Gasteiger partial charge in [0.15, 0.2) is 0 Å². The van der Waals surface area contributed by atoms with Gasteiger partial charge in [-0.3, -0.25) is 4.79 Å². The van der Waals surface area contributed by atoms with Gasteiger partial charge >= 0.3 is 0 Å². The van der Waals surface area contributed by atoms with Gasteiger partial charge in [-0.15, -0.1) is 0 Å². The van der Waals surface area contributed by atoms with Gasteiger partial charge in [-0.1, -0.05) is 47.5 Å². The second-order valence-electron chi connectivity index (χ2n) is 7.21. The third-order valence-corrected chi connectivity index (χ3v) is 5.38. The Labute approximate surface area is 118 Å². The molecule has 112 valence electrons. The summed E-state index contributed by atoms with van der Waals surface area (Å²) in [4.78, 5) is 12.0. The Hall–Kier alpha value is -0.570. The second-order valence-corrected chi connectivity index (χ2v) is 7.21. The normalized spacial score (nSPS) is 22.0. The maximum atomic E-state index is 12.0. The van der Waals surface area contributed by atoms with Crippen LogP contribution in [0.5, 0.6) is 0 Å².